The minimum Gasteiger partial charge on any atom is -0.489 e. The van der Waals surface area contributed by atoms with E-state index < -0.39 is 23.4 Å². The maximum Gasteiger partial charge on any atom is 0.309 e. The molecule has 4 atom stereocenters. The molecule has 0 aliphatic rings. The van der Waals surface area contributed by atoms with Gasteiger partial charge in [0.05, 0.1) is 30.5 Å². The zero-order chi connectivity index (χ0) is 36.4. The zero-order valence-electron chi connectivity index (χ0n) is 29.8. The molecule has 0 fully saturated rings. The van der Waals surface area contributed by atoms with E-state index in [9.17, 15) is 19.5 Å². The molecule has 0 bridgehead atoms. The molecule has 0 radical (unpaired) electrons. The highest BCUT2D eigenvalue weighted by atomic mass is 16.5. The predicted octanol–water partition coefficient (Wildman–Crippen LogP) is 6.77. The number of nitrogens with one attached hydrogen (secondary N) is 2. The summed E-state index contributed by atoms with van der Waals surface area (Å²) in [6.07, 6.45) is 5.87. The van der Waals surface area contributed by atoms with Crippen molar-refractivity contribution in [2.45, 2.75) is 78.0 Å². The molecule has 0 aliphatic carbocycles. The van der Waals surface area contributed by atoms with Crippen LogP contribution in [0.2, 0.25) is 0 Å². The van der Waals surface area contributed by atoms with E-state index in [1.165, 1.54) is 0 Å². The van der Waals surface area contributed by atoms with Gasteiger partial charge in [-0.05, 0) is 66.3 Å². The number of aliphatic hydroxyl groups is 1. The highest BCUT2D eigenvalue weighted by Gasteiger charge is 2.32. The standard InChI is InChI=1S/C42H54N2O6/c1-6-8-20-35(25-31-16-11-9-12-17-31)41(48)50-30-38(42(3,4)5)44-40(47)34(15-7-2)27-39(46)43-36(28-45)26-32-21-23-37(24-22-32)49-29-33-18-13-10-14-19-33/h6-7,9-14,16-19,21-24,34-36,38,45H,1-2,8,15,20,25-30H2,3-5H3,(H,43,46)(H,44,47)/t34-,35-,36+,38-/m1/s1. The summed E-state index contributed by atoms with van der Waals surface area (Å²) in [6, 6.07) is 26.2. The Labute approximate surface area is 298 Å². The minimum absolute atomic E-state index is 0.00310. The number of hydrogen-bond acceptors (Lipinski definition) is 6. The Hall–Kier alpha value is -4.69. The third-order valence-corrected chi connectivity index (χ3v) is 8.62. The predicted molar refractivity (Wildman–Crippen MR) is 198 cm³/mol. The molecule has 3 N–H and O–H groups in total. The van der Waals surface area contributed by atoms with Crippen LogP contribution in [0.25, 0.3) is 0 Å². The highest BCUT2D eigenvalue weighted by Crippen LogP contribution is 2.23. The largest absolute Gasteiger partial charge is 0.489 e. The van der Waals surface area contributed by atoms with Crippen molar-refractivity contribution in [2.75, 3.05) is 13.2 Å². The van der Waals surface area contributed by atoms with E-state index in [0.717, 1.165) is 22.4 Å². The van der Waals surface area contributed by atoms with Crippen LogP contribution in [0.4, 0.5) is 0 Å². The Kier molecular flexibility index (Phi) is 16.5. The van der Waals surface area contributed by atoms with Gasteiger partial charge in [-0.1, -0.05) is 106 Å². The average Bonchev–Trinajstić information content (AvgIpc) is 3.11. The molecule has 50 heavy (non-hydrogen) atoms. The second kappa shape index (κ2) is 20.7. The van der Waals surface area contributed by atoms with Crippen LogP contribution in [0.1, 0.15) is 63.1 Å². The zero-order valence-corrected chi connectivity index (χ0v) is 29.8. The second-order valence-corrected chi connectivity index (χ2v) is 13.8. The van der Waals surface area contributed by atoms with Gasteiger partial charge in [0.2, 0.25) is 11.8 Å². The molecule has 3 aromatic carbocycles. The topological polar surface area (TPSA) is 114 Å². The first-order valence-electron chi connectivity index (χ1n) is 17.4. The molecule has 3 rings (SSSR count). The number of aliphatic hydroxyl groups excluding tert-OH is 1. The van der Waals surface area contributed by atoms with E-state index in [4.69, 9.17) is 9.47 Å². The van der Waals surface area contributed by atoms with Crippen molar-refractivity contribution < 1.29 is 29.0 Å². The van der Waals surface area contributed by atoms with E-state index in [1.54, 1.807) is 12.2 Å². The van der Waals surface area contributed by atoms with Gasteiger partial charge in [-0.15, -0.1) is 13.2 Å². The van der Waals surface area contributed by atoms with Crippen molar-refractivity contribution in [2.24, 2.45) is 17.3 Å². The lowest BCUT2D eigenvalue weighted by atomic mass is 9.86. The van der Waals surface area contributed by atoms with Crippen LogP contribution in [0.3, 0.4) is 0 Å². The number of ether oxygens (including phenoxy) is 2. The van der Waals surface area contributed by atoms with Crippen LogP contribution >= 0.6 is 0 Å². The molecule has 0 saturated carbocycles. The molecular weight excluding hydrogens is 628 g/mol. The third kappa shape index (κ3) is 14.0. The normalized spacial score (nSPS) is 13.6. The number of rotatable bonds is 21. The number of carbonyl (C=O) groups excluding carboxylic acids is 3. The minimum atomic E-state index is -0.688. The fourth-order valence-electron chi connectivity index (χ4n) is 5.51. The number of esters is 1. The molecular formula is C42H54N2O6. The van der Waals surface area contributed by atoms with Crippen molar-refractivity contribution in [3.05, 3.63) is 127 Å². The van der Waals surface area contributed by atoms with Gasteiger partial charge in [-0.25, -0.2) is 0 Å². The summed E-state index contributed by atoms with van der Waals surface area (Å²) in [4.78, 5) is 40.0. The Morgan fingerprint density at radius 3 is 2.00 bits per heavy atom. The smallest absolute Gasteiger partial charge is 0.309 e. The molecule has 0 saturated heterocycles. The fraction of sp³-hybridized carbons (Fsp3) is 0.405. The van der Waals surface area contributed by atoms with E-state index in [2.05, 4.69) is 23.8 Å². The molecule has 0 heterocycles. The van der Waals surface area contributed by atoms with Gasteiger partial charge < -0.3 is 25.2 Å². The Bertz CT molecular complexity index is 1480. The van der Waals surface area contributed by atoms with Gasteiger partial charge in [0.15, 0.2) is 0 Å². The van der Waals surface area contributed by atoms with Gasteiger partial charge in [-0.2, -0.15) is 0 Å². The van der Waals surface area contributed by atoms with Gasteiger partial charge in [0.25, 0.3) is 0 Å². The van der Waals surface area contributed by atoms with E-state index >= 15 is 0 Å². The summed E-state index contributed by atoms with van der Waals surface area (Å²) in [5, 5.41) is 16.0. The van der Waals surface area contributed by atoms with Gasteiger partial charge in [0, 0.05) is 6.42 Å². The van der Waals surface area contributed by atoms with Crippen molar-refractivity contribution in [1.82, 2.24) is 10.6 Å². The SMILES string of the molecule is C=CCC[C@H](Cc1ccccc1)C(=O)OC[C@@H](NC(=O)[C@H](CC=C)CC(=O)N[C@H](CO)Cc1ccc(OCc2ccccc2)cc1)C(C)(C)C. The summed E-state index contributed by atoms with van der Waals surface area (Å²) < 4.78 is 11.7. The molecule has 8 nitrogen and oxygen atoms in total. The molecule has 3 aromatic rings. The van der Waals surface area contributed by atoms with Gasteiger partial charge in [0.1, 0.15) is 19.0 Å². The van der Waals surface area contributed by atoms with Crippen LogP contribution < -0.4 is 15.4 Å². The van der Waals surface area contributed by atoms with Crippen LogP contribution in [-0.4, -0.2) is 48.2 Å². The molecule has 0 aliphatic heterocycles. The summed E-state index contributed by atoms with van der Waals surface area (Å²) >= 11 is 0. The molecule has 268 valence electrons. The third-order valence-electron chi connectivity index (χ3n) is 8.62. The fourth-order valence-corrected chi connectivity index (χ4v) is 5.51. The molecule has 0 spiro atoms. The Morgan fingerprint density at radius 2 is 1.42 bits per heavy atom. The van der Waals surface area contributed by atoms with Crippen molar-refractivity contribution in [3.8, 4) is 5.75 Å². The first kappa shape index (κ1) is 39.7. The molecule has 2 amide bonds. The van der Waals surface area contributed by atoms with E-state index in [0.29, 0.717) is 32.3 Å². The summed E-state index contributed by atoms with van der Waals surface area (Å²) in [7, 11) is 0. The highest BCUT2D eigenvalue weighted by molar-refractivity contribution is 5.86. The number of carbonyl (C=O) groups is 3. The second-order valence-electron chi connectivity index (χ2n) is 13.8. The molecule has 0 aromatic heterocycles. The van der Waals surface area contributed by atoms with Crippen molar-refractivity contribution >= 4 is 17.8 Å². The Balaban J connectivity index is 1.55. The van der Waals surface area contributed by atoms with Crippen LogP contribution in [0, 0.1) is 17.3 Å². The monoisotopic (exact) mass is 682 g/mol. The summed E-state index contributed by atoms with van der Waals surface area (Å²) in [5.74, 6) is -1.29. The maximum atomic E-state index is 13.6. The maximum absolute atomic E-state index is 13.6. The van der Waals surface area contributed by atoms with Crippen LogP contribution in [0.15, 0.2) is 110 Å². The van der Waals surface area contributed by atoms with Crippen molar-refractivity contribution in [3.63, 3.8) is 0 Å². The number of amides is 2. The van der Waals surface area contributed by atoms with Gasteiger partial charge >= 0.3 is 5.97 Å². The quantitative estimate of drug-likeness (QED) is 0.0845. The molecule has 0 unspecified atom stereocenters. The lowest BCUT2D eigenvalue weighted by Crippen LogP contribution is -2.50. The lowest BCUT2D eigenvalue weighted by molar-refractivity contribution is -0.151. The Morgan fingerprint density at radius 1 is 0.800 bits per heavy atom. The summed E-state index contributed by atoms with van der Waals surface area (Å²) in [6.45, 7) is 13.7. The molecule has 8 heteroatoms. The number of hydrogen-bond donors (Lipinski definition) is 3. The first-order valence-corrected chi connectivity index (χ1v) is 17.4. The van der Waals surface area contributed by atoms with E-state index in [1.807, 2.05) is 106 Å². The summed E-state index contributed by atoms with van der Waals surface area (Å²) in [5.41, 5.74) is 2.62. The van der Waals surface area contributed by atoms with Crippen LogP contribution in [0.5, 0.6) is 5.75 Å². The average molecular weight is 683 g/mol. The van der Waals surface area contributed by atoms with E-state index in [-0.39, 0.29) is 49.8 Å². The van der Waals surface area contributed by atoms with Crippen molar-refractivity contribution in [1.29, 1.82) is 0 Å². The number of allylic oxidation sites excluding steroid dienone is 2. The van der Waals surface area contributed by atoms with Gasteiger partial charge in [-0.3, -0.25) is 14.4 Å². The van der Waals surface area contributed by atoms with Crippen LogP contribution in [-0.2, 0) is 38.6 Å². The first-order chi connectivity index (χ1) is 24.0. The number of benzene rings is 3. The lowest BCUT2D eigenvalue weighted by Gasteiger charge is -2.32.